The second-order valence-electron chi connectivity index (χ2n) is 7.45. The van der Waals surface area contributed by atoms with Gasteiger partial charge in [-0.15, -0.1) is 0 Å². The first-order valence-corrected chi connectivity index (χ1v) is 8.57. The van der Waals surface area contributed by atoms with Crippen LogP contribution in [0.2, 0.25) is 0 Å². The molecule has 0 saturated carbocycles. The van der Waals surface area contributed by atoms with Crippen LogP contribution in [-0.4, -0.2) is 53.6 Å². The number of nitrogens with zero attached hydrogens (tertiary/aromatic N) is 2. The zero-order chi connectivity index (χ0) is 19.5. The smallest absolute Gasteiger partial charge is 0.328 e. The second-order valence-corrected chi connectivity index (χ2v) is 7.45. The van der Waals surface area contributed by atoms with Crippen molar-refractivity contribution in [3.63, 3.8) is 0 Å². The van der Waals surface area contributed by atoms with Gasteiger partial charge in [0.15, 0.2) is 0 Å². The standard InChI is InChI=1S/C19H27N3O4/c1-6-12-8-7-9-21-16(12)26-13-10-14(18(24)25-5)22(11-13)17(23)15(20)19(2,3)4/h6-9,13-15H,1,10-11,20H2,2-5H3/t13-,14+,15-/m1/s1. The highest BCUT2D eigenvalue weighted by molar-refractivity contribution is 5.88. The van der Waals surface area contributed by atoms with Gasteiger partial charge in [0.05, 0.1) is 19.7 Å². The molecule has 3 atom stereocenters. The Bertz CT molecular complexity index is 684. The van der Waals surface area contributed by atoms with Gasteiger partial charge in [-0.05, 0) is 17.5 Å². The zero-order valence-electron chi connectivity index (χ0n) is 15.8. The minimum atomic E-state index is -0.730. The first-order chi connectivity index (χ1) is 12.2. The maximum absolute atomic E-state index is 12.8. The van der Waals surface area contributed by atoms with Crippen LogP contribution in [0, 0.1) is 5.41 Å². The van der Waals surface area contributed by atoms with Crippen LogP contribution in [-0.2, 0) is 14.3 Å². The van der Waals surface area contributed by atoms with Gasteiger partial charge in [0.25, 0.3) is 0 Å². The van der Waals surface area contributed by atoms with E-state index in [0.29, 0.717) is 12.3 Å². The molecule has 2 rings (SSSR count). The number of likely N-dealkylation sites (tertiary alicyclic amines) is 1. The van der Waals surface area contributed by atoms with Gasteiger partial charge >= 0.3 is 5.97 Å². The van der Waals surface area contributed by atoms with E-state index in [9.17, 15) is 9.59 Å². The molecule has 7 heteroatoms. The Kier molecular flexibility index (Phi) is 6.02. The monoisotopic (exact) mass is 361 g/mol. The van der Waals surface area contributed by atoms with Crippen LogP contribution in [0.1, 0.15) is 32.8 Å². The van der Waals surface area contributed by atoms with Crippen LogP contribution >= 0.6 is 0 Å². The van der Waals surface area contributed by atoms with Crippen molar-refractivity contribution in [3.05, 3.63) is 30.5 Å². The third-order valence-corrected chi connectivity index (χ3v) is 4.52. The summed E-state index contributed by atoms with van der Waals surface area (Å²) in [5.74, 6) is -0.343. The minimum absolute atomic E-state index is 0.246. The SMILES string of the molecule is C=Cc1cccnc1O[C@@H]1C[C@@H](C(=O)OC)N(C(=O)[C@@H](N)C(C)(C)C)C1. The molecule has 1 aromatic rings. The maximum atomic E-state index is 12.8. The molecule has 0 aromatic carbocycles. The molecule has 0 unspecified atom stereocenters. The van der Waals surface area contributed by atoms with Crippen molar-refractivity contribution in [2.24, 2.45) is 11.1 Å². The summed E-state index contributed by atoms with van der Waals surface area (Å²) in [7, 11) is 1.30. The van der Waals surface area contributed by atoms with Gasteiger partial charge in [-0.2, -0.15) is 0 Å². The fraction of sp³-hybridized carbons (Fsp3) is 0.526. The van der Waals surface area contributed by atoms with Crippen molar-refractivity contribution in [2.75, 3.05) is 13.7 Å². The van der Waals surface area contributed by atoms with E-state index in [1.165, 1.54) is 12.0 Å². The summed E-state index contributed by atoms with van der Waals surface area (Å²) in [4.78, 5) is 30.7. The Hall–Kier alpha value is -2.41. The predicted molar refractivity (Wildman–Crippen MR) is 98.3 cm³/mol. The van der Waals surface area contributed by atoms with Gasteiger partial charge in [-0.1, -0.05) is 33.4 Å². The molecule has 7 nitrogen and oxygen atoms in total. The Morgan fingerprint density at radius 2 is 2.15 bits per heavy atom. The summed E-state index contributed by atoms with van der Waals surface area (Å²) in [6.07, 6.45) is 3.20. The number of nitrogens with two attached hydrogens (primary N) is 1. The average Bonchev–Trinajstić information content (AvgIpc) is 3.03. The van der Waals surface area contributed by atoms with Gasteiger partial charge in [-0.25, -0.2) is 9.78 Å². The highest BCUT2D eigenvalue weighted by atomic mass is 16.5. The fourth-order valence-electron chi connectivity index (χ4n) is 2.85. The second kappa shape index (κ2) is 7.86. The third kappa shape index (κ3) is 4.22. The Labute approximate surface area is 154 Å². The summed E-state index contributed by atoms with van der Waals surface area (Å²) in [5, 5.41) is 0. The molecule has 142 valence electrons. The van der Waals surface area contributed by atoms with Crippen LogP contribution in [0.25, 0.3) is 6.08 Å². The summed E-state index contributed by atoms with van der Waals surface area (Å²) in [6, 6.07) is 2.17. The Balaban J connectivity index is 2.21. The van der Waals surface area contributed by atoms with E-state index in [1.54, 1.807) is 18.3 Å². The molecule has 1 aliphatic heterocycles. The number of carbonyl (C=O) groups excluding carboxylic acids is 2. The first-order valence-electron chi connectivity index (χ1n) is 8.57. The summed E-state index contributed by atoms with van der Waals surface area (Å²) in [5.41, 5.74) is 6.44. The van der Waals surface area contributed by atoms with E-state index in [1.807, 2.05) is 26.8 Å². The minimum Gasteiger partial charge on any atom is -0.472 e. The molecular formula is C19H27N3O4. The lowest BCUT2D eigenvalue weighted by atomic mass is 9.86. The van der Waals surface area contributed by atoms with Crippen molar-refractivity contribution in [1.82, 2.24) is 9.88 Å². The Morgan fingerprint density at radius 3 is 2.73 bits per heavy atom. The number of pyridine rings is 1. The molecule has 0 spiro atoms. The third-order valence-electron chi connectivity index (χ3n) is 4.52. The van der Waals surface area contributed by atoms with Crippen LogP contribution in [0.3, 0.4) is 0 Å². The molecule has 0 radical (unpaired) electrons. The lowest BCUT2D eigenvalue weighted by molar-refractivity contribution is -0.152. The van der Waals surface area contributed by atoms with Crippen molar-refractivity contribution >= 4 is 18.0 Å². The number of methoxy groups -OCH3 is 1. The number of carbonyl (C=O) groups is 2. The number of hydrogen-bond donors (Lipinski definition) is 1. The Morgan fingerprint density at radius 1 is 1.46 bits per heavy atom. The molecule has 2 N–H and O–H groups in total. The number of esters is 1. The van der Waals surface area contributed by atoms with E-state index in [0.717, 1.165) is 5.56 Å². The first kappa shape index (κ1) is 19.9. The molecule has 1 aliphatic rings. The van der Waals surface area contributed by atoms with Crippen molar-refractivity contribution < 1.29 is 19.1 Å². The number of rotatable bonds is 5. The van der Waals surface area contributed by atoms with Gasteiger partial charge in [-0.3, -0.25) is 4.79 Å². The quantitative estimate of drug-likeness (QED) is 0.801. The lowest BCUT2D eigenvalue weighted by Gasteiger charge is -2.32. The molecule has 26 heavy (non-hydrogen) atoms. The van der Waals surface area contributed by atoms with Crippen LogP contribution in [0.4, 0.5) is 0 Å². The molecule has 1 saturated heterocycles. The van der Waals surface area contributed by atoms with Crippen LogP contribution < -0.4 is 10.5 Å². The molecule has 1 aromatic heterocycles. The van der Waals surface area contributed by atoms with Crippen molar-refractivity contribution in [1.29, 1.82) is 0 Å². The molecule has 0 aliphatic carbocycles. The number of ether oxygens (including phenoxy) is 2. The topological polar surface area (TPSA) is 94.8 Å². The molecular weight excluding hydrogens is 334 g/mol. The normalized spacial score (nSPS) is 21.2. The van der Waals surface area contributed by atoms with Gasteiger partial charge in [0.2, 0.25) is 11.8 Å². The van der Waals surface area contributed by atoms with E-state index in [-0.39, 0.29) is 18.6 Å². The fourth-order valence-corrected chi connectivity index (χ4v) is 2.85. The van der Waals surface area contributed by atoms with Gasteiger partial charge in [0.1, 0.15) is 12.1 Å². The molecule has 0 bridgehead atoms. The molecule has 1 amide bonds. The van der Waals surface area contributed by atoms with Crippen molar-refractivity contribution in [3.8, 4) is 5.88 Å². The zero-order valence-corrected chi connectivity index (χ0v) is 15.8. The predicted octanol–water partition coefficient (Wildman–Crippen LogP) is 1.62. The van der Waals surface area contributed by atoms with E-state index < -0.39 is 23.5 Å². The molecule has 1 fully saturated rings. The largest absolute Gasteiger partial charge is 0.472 e. The van der Waals surface area contributed by atoms with Gasteiger partial charge in [0, 0.05) is 18.2 Å². The maximum Gasteiger partial charge on any atom is 0.328 e. The summed E-state index contributed by atoms with van der Waals surface area (Å²) in [6.45, 7) is 9.64. The number of aromatic nitrogens is 1. The van der Waals surface area contributed by atoms with Crippen molar-refractivity contribution in [2.45, 2.75) is 45.4 Å². The van der Waals surface area contributed by atoms with E-state index in [4.69, 9.17) is 15.2 Å². The number of hydrogen-bond acceptors (Lipinski definition) is 6. The van der Waals surface area contributed by atoms with E-state index >= 15 is 0 Å². The molecule has 2 heterocycles. The number of amides is 1. The highest BCUT2D eigenvalue weighted by Gasteiger charge is 2.44. The van der Waals surface area contributed by atoms with E-state index in [2.05, 4.69) is 11.6 Å². The van der Waals surface area contributed by atoms with Crippen LogP contribution in [0.15, 0.2) is 24.9 Å². The lowest BCUT2D eigenvalue weighted by Crippen LogP contribution is -2.53. The highest BCUT2D eigenvalue weighted by Crippen LogP contribution is 2.28. The van der Waals surface area contributed by atoms with Gasteiger partial charge < -0.3 is 20.1 Å². The summed E-state index contributed by atoms with van der Waals surface area (Å²) < 4.78 is 10.8. The van der Waals surface area contributed by atoms with Crippen LogP contribution in [0.5, 0.6) is 5.88 Å². The average molecular weight is 361 g/mol. The summed E-state index contributed by atoms with van der Waals surface area (Å²) >= 11 is 0.